The van der Waals surface area contributed by atoms with Gasteiger partial charge in [-0.05, 0) is 25.5 Å². The van der Waals surface area contributed by atoms with Crippen LogP contribution in [0, 0.1) is 6.92 Å². The molecule has 0 spiro atoms. The van der Waals surface area contributed by atoms with Crippen molar-refractivity contribution in [1.29, 1.82) is 0 Å². The molecule has 23 heavy (non-hydrogen) atoms. The first-order valence-corrected chi connectivity index (χ1v) is 7.76. The van der Waals surface area contributed by atoms with Crippen molar-refractivity contribution in [2.75, 3.05) is 0 Å². The average molecular weight is 307 g/mol. The number of nitrogens with zero attached hydrogens (tertiary/aromatic N) is 4. The topological polar surface area (TPSA) is 72.7 Å². The molecule has 1 aliphatic heterocycles. The molecule has 6 nitrogen and oxygen atoms in total. The summed E-state index contributed by atoms with van der Waals surface area (Å²) in [6.07, 6.45) is 1.70. The third kappa shape index (κ3) is 2.56. The lowest BCUT2D eigenvalue weighted by Crippen LogP contribution is -2.41. The van der Waals surface area contributed by atoms with E-state index in [1.54, 1.807) is 6.07 Å². The van der Waals surface area contributed by atoms with E-state index in [4.69, 9.17) is 0 Å². The summed E-state index contributed by atoms with van der Waals surface area (Å²) >= 11 is 0. The van der Waals surface area contributed by atoms with Gasteiger partial charge in [-0.15, -0.1) is 10.2 Å². The highest BCUT2D eigenvalue weighted by Crippen LogP contribution is 2.16. The number of nitrogens with one attached hydrogen (secondary N) is 1. The Hall–Kier alpha value is -2.76. The second kappa shape index (κ2) is 5.46. The zero-order valence-electron chi connectivity index (χ0n) is 12.9. The number of rotatable bonds is 2. The molecule has 1 atom stereocenters. The fraction of sp³-hybridized carbons (Fsp3) is 0.294. The van der Waals surface area contributed by atoms with Gasteiger partial charge in [0.15, 0.2) is 0 Å². The highest BCUT2D eigenvalue weighted by Gasteiger charge is 2.23. The highest BCUT2D eigenvalue weighted by molar-refractivity contribution is 5.95. The third-order valence-electron chi connectivity index (χ3n) is 4.30. The monoisotopic (exact) mass is 307 g/mol. The number of hydrogen-bond acceptors (Lipinski definition) is 4. The van der Waals surface area contributed by atoms with Crippen molar-refractivity contribution in [3.05, 3.63) is 53.7 Å². The van der Waals surface area contributed by atoms with Gasteiger partial charge in [0.1, 0.15) is 17.3 Å². The lowest BCUT2D eigenvalue weighted by molar-refractivity contribution is 0.0922. The first-order chi connectivity index (χ1) is 11.2. The predicted molar refractivity (Wildman–Crippen MR) is 86.1 cm³/mol. The molecule has 6 heteroatoms. The molecule has 3 aromatic rings. The fourth-order valence-electron chi connectivity index (χ4n) is 3.03. The van der Waals surface area contributed by atoms with Crippen molar-refractivity contribution in [3.63, 3.8) is 0 Å². The zero-order valence-corrected chi connectivity index (χ0v) is 12.9. The van der Waals surface area contributed by atoms with Gasteiger partial charge in [-0.3, -0.25) is 4.79 Å². The summed E-state index contributed by atoms with van der Waals surface area (Å²) in [5.74, 6) is 1.76. The summed E-state index contributed by atoms with van der Waals surface area (Å²) in [7, 11) is 0. The summed E-state index contributed by atoms with van der Waals surface area (Å²) in [5, 5.41) is 12.4. The normalized spacial score (nSPS) is 17.0. The minimum atomic E-state index is -0.130. The maximum Gasteiger partial charge on any atom is 0.270 e. The van der Waals surface area contributed by atoms with Crippen LogP contribution in [-0.4, -0.2) is 31.7 Å². The van der Waals surface area contributed by atoms with Gasteiger partial charge < -0.3 is 9.88 Å². The molecular formula is C17H17N5O. The van der Waals surface area contributed by atoms with E-state index in [0.717, 1.165) is 35.4 Å². The fourth-order valence-corrected chi connectivity index (χ4v) is 3.03. The number of aromatic nitrogens is 4. The van der Waals surface area contributed by atoms with Crippen molar-refractivity contribution in [3.8, 4) is 0 Å². The van der Waals surface area contributed by atoms with Gasteiger partial charge in [0.05, 0.1) is 5.52 Å². The van der Waals surface area contributed by atoms with E-state index in [9.17, 15) is 4.79 Å². The molecule has 1 aromatic carbocycles. The molecule has 4 rings (SSSR count). The van der Waals surface area contributed by atoms with Gasteiger partial charge in [0.2, 0.25) is 0 Å². The number of fused-ring (bicyclic) bond motifs is 2. The van der Waals surface area contributed by atoms with E-state index in [-0.39, 0.29) is 11.9 Å². The second-order valence-corrected chi connectivity index (χ2v) is 5.87. The molecule has 0 radical (unpaired) electrons. The molecule has 2 aromatic heterocycles. The van der Waals surface area contributed by atoms with Crippen molar-refractivity contribution in [2.45, 2.75) is 32.4 Å². The Bertz CT molecular complexity index is 886. The van der Waals surface area contributed by atoms with E-state index in [0.29, 0.717) is 12.2 Å². The number of carbonyl (C=O) groups is 1. The maximum atomic E-state index is 12.5. The Morgan fingerprint density at radius 3 is 3.00 bits per heavy atom. The number of amides is 1. The molecule has 1 amide bonds. The van der Waals surface area contributed by atoms with Crippen LogP contribution in [0.25, 0.3) is 10.9 Å². The molecule has 0 fully saturated rings. The van der Waals surface area contributed by atoms with Crippen LogP contribution >= 0.6 is 0 Å². The van der Waals surface area contributed by atoms with Crippen molar-refractivity contribution in [1.82, 2.24) is 25.1 Å². The largest absolute Gasteiger partial charge is 0.346 e. The van der Waals surface area contributed by atoms with Crippen molar-refractivity contribution in [2.24, 2.45) is 0 Å². The smallest absolute Gasteiger partial charge is 0.270 e. The number of hydrogen-bond donors (Lipinski definition) is 1. The van der Waals surface area contributed by atoms with Gasteiger partial charge in [0.25, 0.3) is 5.91 Å². The van der Waals surface area contributed by atoms with Crippen molar-refractivity contribution < 1.29 is 4.79 Å². The first-order valence-electron chi connectivity index (χ1n) is 7.76. The van der Waals surface area contributed by atoms with E-state index < -0.39 is 0 Å². The van der Waals surface area contributed by atoms with E-state index in [1.165, 1.54) is 0 Å². The van der Waals surface area contributed by atoms with Crippen LogP contribution in [0.1, 0.15) is 28.6 Å². The van der Waals surface area contributed by atoms with Gasteiger partial charge in [0, 0.05) is 24.4 Å². The van der Waals surface area contributed by atoms with Crippen LogP contribution in [-0.2, 0) is 13.0 Å². The summed E-state index contributed by atoms with van der Waals surface area (Å²) in [4.78, 5) is 16.9. The quantitative estimate of drug-likeness (QED) is 0.784. The molecule has 0 bridgehead atoms. The summed E-state index contributed by atoms with van der Waals surface area (Å²) < 4.78 is 2.07. The van der Waals surface area contributed by atoms with Gasteiger partial charge in [-0.25, -0.2) is 4.98 Å². The predicted octanol–water partition coefficient (Wildman–Crippen LogP) is 1.88. The van der Waals surface area contributed by atoms with Crippen LogP contribution in [0.5, 0.6) is 0 Å². The molecule has 1 aliphatic rings. The number of para-hydroxylation sites is 1. The minimum Gasteiger partial charge on any atom is -0.346 e. The molecule has 0 saturated heterocycles. The van der Waals surface area contributed by atoms with Gasteiger partial charge in [-0.2, -0.15) is 0 Å². The van der Waals surface area contributed by atoms with Crippen molar-refractivity contribution >= 4 is 16.8 Å². The second-order valence-electron chi connectivity index (χ2n) is 5.87. The average Bonchev–Trinajstić information content (AvgIpc) is 2.95. The van der Waals surface area contributed by atoms with E-state index >= 15 is 0 Å². The Morgan fingerprint density at radius 2 is 2.09 bits per heavy atom. The Balaban J connectivity index is 1.52. The molecule has 116 valence electrons. The molecule has 0 aliphatic carbocycles. The molecule has 0 saturated carbocycles. The van der Waals surface area contributed by atoms with Crippen LogP contribution in [0.2, 0.25) is 0 Å². The summed E-state index contributed by atoms with van der Waals surface area (Å²) in [6.45, 7) is 2.65. The van der Waals surface area contributed by atoms with Crippen LogP contribution < -0.4 is 5.32 Å². The molecule has 0 unspecified atom stereocenters. The lowest BCUT2D eigenvalue weighted by atomic mass is 10.1. The number of aryl methyl sites for hydroxylation is 2. The van der Waals surface area contributed by atoms with Crippen LogP contribution in [0.15, 0.2) is 36.4 Å². The summed E-state index contributed by atoms with van der Waals surface area (Å²) in [6, 6.07) is 11.6. The lowest BCUT2D eigenvalue weighted by Gasteiger charge is -2.24. The zero-order chi connectivity index (χ0) is 15.8. The van der Waals surface area contributed by atoms with Crippen LogP contribution in [0.3, 0.4) is 0 Å². The molecular weight excluding hydrogens is 290 g/mol. The van der Waals surface area contributed by atoms with E-state index in [2.05, 4.69) is 25.1 Å². The van der Waals surface area contributed by atoms with Gasteiger partial charge in [-0.1, -0.05) is 24.3 Å². The maximum absolute atomic E-state index is 12.5. The number of carbonyl (C=O) groups excluding carboxylic acids is 1. The molecule has 1 N–H and O–H groups in total. The molecule has 3 heterocycles. The Kier molecular flexibility index (Phi) is 3.29. The van der Waals surface area contributed by atoms with Crippen LogP contribution in [0.4, 0.5) is 0 Å². The Morgan fingerprint density at radius 1 is 1.22 bits per heavy atom. The number of benzene rings is 1. The van der Waals surface area contributed by atoms with Gasteiger partial charge >= 0.3 is 0 Å². The van der Waals surface area contributed by atoms with E-state index in [1.807, 2.05) is 37.3 Å². The number of pyridine rings is 1. The third-order valence-corrected chi connectivity index (χ3v) is 4.30. The summed E-state index contributed by atoms with van der Waals surface area (Å²) in [5.41, 5.74) is 1.29. The standard InChI is InChI=1S/C17H17N5O/c1-11-20-21-16-9-7-13(10-22(11)16)18-17(23)15-8-6-12-4-2-3-5-14(12)19-15/h2-6,8,13H,7,9-10H2,1H3,(H,18,23)/t13-/m0/s1. The minimum absolute atomic E-state index is 0.0815. The first kappa shape index (κ1) is 13.9. The highest BCUT2D eigenvalue weighted by atomic mass is 16.1. The Labute approximate surface area is 133 Å². The SMILES string of the molecule is Cc1nnc2n1C[C@@H](NC(=O)c1ccc3ccccc3n1)CC2.